The summed E-state index contributed by atoms with van der Waals surface area (Å²) in [4.78, 5) is 11.6. The maximum Gasteiger partial charge on any atom is 0.135 e. The van der Waals surface area contributed by atoms with E-state index in [1.807, 2.05) is 0 Å². The number of hydrogen-bond donors (Lipinski definition) is 1. The van der Waals surface area contributed by atoms with Crippen molar-refractivity contribution in [3.63, 3.8) is 0 Å². The number of hydrogen-bond acceptors (Lipinski definition) is 4. The van der Waals surface area contributed by atoms with E-state index in [0.717, 1.165) is 37.0 Å². The number of nitrogens with zero attached hydrogens (tertiary/aromatic N) is 3. The molecule has 1 aromatic heterocycles. The van der Waals surface area contributed by atoms with E-state index in [-0.39, 0.29) is 0 Å². The van der Waals surface area contributed by atoms with Gasteiger partial charge < -0.3 is 10.2 Å². The van der Waals surface area contributed by atoms with Crippen LogP contribution in [0.4, 0.5) is 11.6 Å². The first kappa shape index (κ1) is 15.7. The third kappa shape index (κ3) is 4.08. The van der Waals surface area contributed by atoms with E-state index < -0.39 is 0 Å². The normalized spacial score (nSPS) is 12.6. The van der Waals surface area contributed by atoms with Crippen LogP contribution in [0.2, 0.25) is 0 Å². The van der Waals surface area contributed by atoms with E-state index in [9.17, 15) is 0 Å². The summed E-state index contributed by atoms with van der Waals surface area (Å²) in [6, 6.07) is 2.56. The second-order valence-corrected chi connectivity index (χ2v) is 5.20. The molecule has 108 valence electrons. The van der Waals surface area contributed by atoms with Gasteiger partial charge in [0, 0.05) is 31.1 Å². The molecule has 1 rings (SSSR count). The topological polar surface area (TPSA) is 41.0 Å². The Labute approximate surface area is 117 Å². The summed E-state index contributed by atoms with van der Waals surface area (Å²) in [6.45, 7) is 14.8. The van der Waals surface area contributed by atoms with Crippen LogP contribution >= 0.6 is 0 Å². The first-order valence-electron chi connectivity index (χ1n) is 7.42. The van der Waals surface area contributed by atoms with Gasteiger partial charge in [0.15, 0.2) is 0 Å². The van der Waals surface area contributed by atoms with Gasteiger partial charge in [-0.3, -0.25) is 0 Å². The minimum atomic E-state index is 0.341. The number of rotatable bonds is 7. The third-order valence-corrected chi connectivity index (χ3v) is 3.36. The predicted octanol–water partition coefficient (Wildman–Crippen LogP) is 3.66. The molecule has 0 aromatic carbocycles. The van der Waals surface area contributed by atoms with Crippen molar-refractivity contribution in [3.8, 4) is 0 Å². The zero-order chi connectivity index (χ0) is 14.4. The second kappa shape index (κ2) is 7.31. The summed E-state index contributed by atoms with van der Waals surface area (Å²) in [7, 11) is 0. The predicted molar refractivity (Wildman–Crippen MR) is 83.1 cm³/mol. The summed E-state index contributed by atoms with van der Waals surface area (Å²) in [6.07, 6.45) is 1.12. The van der Waals surface area contributed by atoms with Crippen LogP contribution in [0.3, 0.4) is 0 Å². The van der Waals surface area contributed by atoms with Crippen molar-refractivity contribution in [2.75, 3.05) is 23.3 Å². The van der Waals surface area contributed by atoms with E-state index >= 15 is 0 Å². The van der Waals surface area contributed by atoms with E-state index in [2.05, 4.69) is 62.8 Å². The highest BCUT2D eigenvalue weighted by Gasteiger charge is 2.16. The van der Waals surface area contributed by atoms with Crippen molar-refractivity contribution >= 4 is 11.6 Å². The van der Waals surface area contributed by atoms with Crippen LogP contribution in [0, 0.1) is 0 Å². The van der Waals surface area contributed by atoms with Crippen LogP contribution in [-0.2, 0) is 0 Å². The van der Waals surface area contributed by atoms with Crippen LogP contribution in [0.25, 0.3) is 0 Å². The molecule has 1 atom stereocenters. The molecule has 1 heterocycles. The van der Waals surface area contributed by atoms with Crippen molar-refractivity contribution in [2.24, 2.45) is 0 Å². The molecular formula is C15H28N4. The Kier molecular flexibility index (Phi) is 6.06. The zero-order valence-electron chi connectivity index (χ0n) is 13.2. The van der Waals surface area contributed by atoms with Gasteiger partial charge in [-0.05, 0) is 27.2 Å². The molecule has 4 heteroatoms. The van der Waals surface area contributed by atoms with Crippen molar-refractivity contribution in [3.05, 3.63) is 11.9 Å². The van der Waals surface area contributed by atoms with Crippen molar-refractivity contribution in [1.82, 2.24) is 9.97 Å². The fraction of sp³-hybridized carbons (Fsp3) is 0.733. The van der Waals surface area contributed by atoms with Crippen LogP contribution in [0.5, 0.6) is 0 Å². The lowest BCUT2D eigenvalue weighted by molar-refractivity contribution is 0.618. The smallest absolute Gasteiger partial charge is 0.135 e. The number of anilines is 2. The second-order valence-electron chi connectivity index (χ2n) is 5.20. The Morgan fingerprint density at radius 2 is 1.84 bits per heavy atom. The summed E-state index contributed by atoms with van der Waals surface area (Å²) in [5, 5.41) is 3.30. The lowest BCUT2D eigenvalue weighted by atomic mass is 10.2. The number of aromatic nitrogens is 2. The first-order chi connectivity index (χ1) is 9.03. The summed E-state index contributed by atoms with van der Waals surface area (Å²) in [5.74, 6) is 3.22. The van der Waals surface area contributed by atoms with Gasteiger partial charge in [-0.25, -0.2) is 9.97 Å². The van der Waals surface area contributed by atoms with Gasteiger partial charge in [0.25, 0.3) is 0 Å². The standard InChI is InChI=1S/C15H28N4/c1-7-12(6)19(9-3)14-10-13(16-8-2)17-15(18-14)11(4)5/h10-12H,7-9H2,1-6H3,(H,16,17,18). The van der Waals surface area contributed by atoms with Gasteiger partial charge in [-0.2, -0.15) is 0 Å². The Morgan fingerprint density at radius 1 is 1.16 bits per heavy atom. The van der Waals surface area contributed by atoms with Gasteiger partial charge in [0.05, 0.1) is 0 Å². The zero-order valence-corrected chi connectivity index (χ0v) is 13.2. The van der Waals surface area contributed by atoms with Gasteiger partial charge in [0.1, 0.15) is 17.5 Å². The maximum atomic E-state index is 4.73. The Morgan fingerprint density at radius 3 is 2.32 bits per heavy atom. The third-order valence-electron chi connectivity index (χ3n) is 3.36. The average Bonchev–Trinajstić information content (AvgIpc) is 2.39. The van der Waals surface area contributed by atoms with Crippen LogP contribution in [0.15, 0.2) is 6.07 Å². The van der Waals surface area contributed by atoms with E-state index in [1.165, 1.54) is 0 Å². The van der Waals surface area contributed by atoms with Gasteiger partial charge in [-0.1, -0.05) is 20.8 Å². The minimum absolute atomic E-state index is 0.341. The van der Waals surface area contributed by atoms with Crippen molar-refractivity contribution < 1.29 is 0 Å². The first-order valence-corrected chi connectivity index (χ1v) is 7.42. The molecule has 4 nitrogen and oxygen atoms in total. The molecular weight excluding hydrogens is 236 g/mol. The van der Waals surface area contributed by atoms with Gasteiger partial charge >= 0.3 is 0 Å². The lowest BCUT2D eigenvalue weighted by Gasteiger charge is -2.29. The van der Waals surface area contributed by atoms with Crippen molar-refractivity contribution in [2.45, 2.75) is 59.9 Å². The quantitative estimate of drug-likeness (QED) is 0.816. The fourth-order valence-corrected chi connectivity index (χ4v) is 2.05. The fourth-order valence-electron chi connectivity index (χ4n) is 2.05. The molecule has 0 spiro atoms. The Hall–Kier alpha value is -1.32. The molecule has 0 radical (unpaired) electrons. The van der Waals surface area contributed by atoms with Gasteiger partial charge in [-0.15, -0.1) is 0 Å². The largest absolute Gasteiger partial charge is 0.370 e. The molecule has 0 aliphatic heterocycles. The molecule has 0 saturated carbocycles. The molecule has 1 N–H and O–H groups in total. The van der Waals surface area contributed by atoms with E-state index in [4.69, 9.17) is 4.98 Å². The molecule has 0 bridgehead atoms. The van der Waals surface area contributed by atoms with Crippen LogP contribution in [-0.4, -0.2) is 29.1 Å². The highest BCUT2D eigenvalue weighted by Crippen LogP contribution is 2.22. The molecule has 0 aliphatic carbocycles. The van der Waals surface area contributed by atoms with E-state index in [1.54, 1.807) is 0 Å². The Bertz CT molecular complexity index is 390. The van der Waals surface area contributed by atoms with Crippen molar-refractivity contribution in [1.29, 1.82) is 0 Å². The molecule has 0 amide bonds. The summed E-state index contributed by atoms with van der Waals surface area (Å²) >= 11 is 0. The van der Waals surface area contributed by atoms with Gasteiger partial charge in [0.2, 0.25) is 0 Å². The molecule has 19 heavy (non-hydrogen) atoms. The number of nitrogens with one attached hydrogen (secondary N) is 1. The monoisotopic (exact) mass is 264 g/mol. The van der Waals surface area contributed by atoms with E-state index in [0.29, 0.717) is 12.0 Å². The minimum Gasteiger partial charge on any atom is -0.370 e. The maximum absolute atomic E-state index is 4.73. The van der Waals surface area contributed by atoms with Crippen LogP contribution in [0.1, 0.15) is 59.7 Å². The highest BCUT2D eigenvalue weighted by atomic mass is 15.2. The molecule has 1 aromatic rings. The summed E-state index contributed by atoms with van der Waals surface area (Å²) < 4.78 is 0. The van der Waals surface area contributed by atoms with Crippen LogP contribution < -0.4 is 10.2 Å². The molecule has 0 fully saturated rings. The Balaban J connectivity index is 3.16. The highest BCUT2D eigenvalue weighted by molar-refractivity contribution is 5.50. The molecule has 1 unspecified atom stereocenters. The summed E-state index contributed by atoms with van der Waals surface area (Å²) in [5.41, 5.74) is 0. The lowest BCUT2D eigenvalue weighted by Crippen LogP contribution is -2.33. The average molecular weight is 264 g/mol. The molecule has 0 saturated heterocycles. The SMILES string of the molecule is CCNc1cc(N(CC)C(C)CC)nc(C(C)C)n1. The molecule has 0 aliphatic rings.